The highest BCUT2D eigenvalue weighted by Gasteiger charge is 2.13. The zero-order valence-electron chi connectivity index (χ0n) is 9.88. The molecule has 0 atom stereocenters. The molecule has 1 aromatic carbocycles. The van der Waals surface area contributed by atoms with Gasteiger partial charge in [-0.25, -0.2) is 0 Å². The van der Waals surface area contributed by atoms with Crippen LogP contribution in [-0.2, 0) is 0 Å². The van der Waals surface area contributed by atoms with E-state index < -0.39 is 0 Å². The van der Waals surface area contributed by atoms with Gasteiger partial charge in [0.1, 0.15) is 17.1 Å². The van der Waals surface area contributed by atoms with Gasteiger partial charge in [-0.15, -0.1) is 0 Å². The Bertz CT molecular complexity index is 723. The predicted octanol–water partition coefficient (Wildman–Crippen LogP) is 3.02. The number of benzene rings is 1. The molecule has 0 spiro atoms. The smallest absolute Gasteiger partial charge is 0.193 e. The highest BCUT2D eigenvalue weighted by Crippen LogP contribution is 2.27. The predicted molar refractivity (Wildman–Crippen MR) is 69.9 cm³/mol. The fraction of sp³-hybridized carbons (Fsp3) is 0.133. The van der Waals surface area contributed by atoms with Gasteiger partial charge < -0.3 is 9.52 Å². The van der Waals surface area contributed by atoms with E-state index in [0.29, 0.717) is 22.3 Å². The Morgan fingerprint density at radius 1 is 1.17 bits per heavy atom. The average Bonchev–Trinajstić information content (AvgIpc) is 2.85. The van der Waals surface area contributed by atoms with Crippen LogP contribution in [0.2, 0.25) is 0 Å². The monoisotopic (exact) mass is 240 g/mol. The minimum absolute atomic E-state index is 0.0243. The lowest BCUT2D eigenvalue weighted by Crippen LogP contribution is -2.03. The highest BCUT2D eigenvalue weighted by molar-refractivity contribution is 5.79. The van der Waals surface area contributed by atoms with Crippen molar-refractivity contribution in [2.75, 3.05) is 0 Å². The fourth-order valence-electron chi connectivity index (χ4n) is 2.10. The van der Waals surface area contributed by atoms with E-state index in [4.69, 9.17) is 4.42 Å². The van der Waals surface area contributed by atoms with E-state index >= 15 is 0 Å². The molecule has 1 aliphatic carbocycles. The molecule has 0 fully saturated rings. The van der Waals surface area contributed by atoms with E-state index in [9.17, 15) is 9.90 Å². The van der Waals surface area contributed by atoms with Crippen molar-refractivity contribution in [3.8, 4) is 5.75 Å². The van der Waals surface area contributed by atoms with Crippen LogP contribution in [-0.4, -0.2) is 5.11 Å². The molecule has 0 unspecified atom stereocenters. The largest absolute Gasteiger partial charge is 0.508 e. The van der Waals surface area contributed by atoms with Crippen molar-refractivity contribution in [2.45, 2.75) is 12.8 Å². The van der Waals surface area contributed by atoms with Crippen LogP contribution in [0.25, 0.3) is 11.0 Å². The lowest BCUT2D eigenvalue weighted by molar-refractivity contribution is 0.470. The van der Waals surface area contributed by atoms with Crippen LogP contribution in [0.3, 0.4) is 0 Å². The summed E-state index contributed by atoms with van der Waals surface area (Å²) >= 11 is 0. The molecule has 0 radical (unpaired) electrons. The second kappa shape index (κ2) is 3.88. The van der Waals surface area contributed by atoms with Gasteiger partial charge in [0, 0.05) is 6.07 Å². The van der Waals surface area contributed by atoms with Crippen LogP contribution >= 0.6 is 0 Å². The number of allylic oxidation sites excluding steroid dienone is 4. The van der Waals surface area contributed by atoms with Gasteiger partial charge in [-0.2, -0.15) is 0 Å². The maximum atomic E-state index is 12.0. The number of phenolic OH excluding ortho intramolecular Hbond substituents is 1. The molecule has 1 N–H and O–H groups in total. The standard InChI is InChI=1S/C15H12O3/c1-9-6-15-11(7-12(9)16)13(17)8-14(18-15)10-4-2-3-5-10/h2-8,10,16H,1H3. The van der Waals surface area contributed by atoms with E-state index in [0.717, 1.165) is 0 Å². The first-order valence-electron chi connectivity index (χ1n) is 5.77. The molecule has 3 rings (SSSR count). The summed E-state index contributed by atoms with van der Waals surface area (Å²) < 4.78 is 5.75. The van der Waals surface area contributed by atoms with Crippen molar-refractivity contribution in [3.63, 3.8) is 0 Å². The first-order valence-corrected chi connectivity index (χ1v) is 5.77. The summed E-state index contributed by atoms with van der Waals surface area (Å²) in [5.41, 5.74) is 1.08. The van der Waals surface area contributed by atoms with Gasteiger partial charge in [0.05, 0.1) is 11.3 Å². The van der Waals surface area contributed by atoms with Crippen LogP contribution in [0.5, 0.6) is 5.75 Å². The number of rotatable bonds is 1. The number of hydrogen-bond acceptors (Lipinski definition) is 3. The van der Waals surface area contributed by atoms with E-state index in [2.05, 4.69) is 0 Å². The first kappa shape index (κ1) is 10.8. The van der Waals surface area contributed by atoms with Crippen molar-refractivity contribution >= 4 is 11.0 Å². The molecule has 1 aliphatic rings. The maximum absolute atomic E-state index is 12.0. The fourth-order valence-corrected chi connectivity index (χ4v) is 2.10. The number of aromatic hydroxyl groups is 1. The van der Waals surface area contributed by atoms with E-state index in [-0.39, 0.29) is 17.1 Å². The van der Waals surface area contributed by atoms with Crippen molar-refractivity contribution < 1.29 is 9.52 Å². The molecular formula is C15H12O3. The summed E-state index contributed by atoms with van der Waals surface area (Å²) in [6.07, 6.45) is 7.79. The quantitative estimate of drug-likeness (QED) is 0.833. The van der Waals surface area contributed by atoms with Crippen molar-refractivity contribution in [1.29, 1.82) is 0 Å². The summed E-state index contributed by atoms with van der Waals surface area (Å²) in [4.78, 5) is 12.0. The maximum Gasteiger partial charge on any atom is 0.193 e. The molecule has 1 aromatic heterocycles. The Labute approximate surface area is 104 Å². The lowest BCUT2D eigenvalue weighted by Gasteiger charge is -2.07. The minimum Gasteiger partial charge on any atom is -0.508 e. The molecule has 0 aliphatic heterocycles. The van der Waals surface area contributed by atoms with Gasteiger partial charge in [-0.05, 0) is 24.6 Å². The molecular weight excluding hydrogens is 228 g/mol. The number of fused-ring (bicyclic) bond motifs is 1. The second-order valence-electron chi connectivity index (χ2n) is 4.44. The Balaban J connectivity index is 2.26. The molecule has 18 heavy (non-hydrogen) atoms. The van der Waals surface area contributed by atoms with Crippen molar-refractivity contribution in [2.24, 2.45) is 0 Å². The van der Waals surface area contributed by atoms with Gasteiger partial charge in [0.15, 0.2) is 5.43 Å². The van der Waals surface area contributed by atoms with Gasteiger partial charge in [0.2, 0.25) is 0 Å². The summed E-state index contributed by atoms with van der Waals surface area (Å²) in [5, 5.41) is 10.0. The summed E-state index contributed by atoms with van der Waals surface area (Å²) in [7, 11) is 0. The molecule has 0 amide bonds. The van der Waals surface area contributed by atoms with Crippen LogP contribution in [0.15, 0.2) is 51.7 Å². The summed E-state index contributed by atoms with van der Waals surface area (Å²) in [6, 6.07) is 4.64. The Morgan fingerprint density at radius 3 is 2.61 bits per heavy atom. The molecule has 3 nitrogen and oxygen atoms in total. The van der Waals surface area contributed by atoms with Crippen molar-refractivity contribution in [3.05, 3.63) is 64.1 Å². The normalized spacial score (nSPS) is 14.7. The molecule has 0 saturated heterocycles. The summed E-state index contributed by atoms with van der Waals surface area (Å²) in [6.45, 7) is 1.77. The second-order valence-corrected chi connectivity index (χ2v) is 4.44. The van der Waals surface area contributed by atoms with Gasteiger partial charge in [0.25, 0.3) is 0 Å². The molecule has 1 heterocycles. The average molecular weight is 240 g/mol. The van der Waals surface area contributed by atoms with Gasteiger partial charge in [-0.1, -0.05) is 24.3 Å². The Kier molecular flexibility index (Phi) is 2.33. The summed E-state index contributed by atoms with van der Waals surface area (Å²) in [5.74, 6) is 0.766. The molecule has 3 heteroatoms. The Morgan fingerprint density at radius 2 is 1.89 bits per heavy atom. The van der Waals surface area contributed by atoms with Crippen molar-refractivity contribution in [1.82, 2.24) is 0 Å². The van der Waals surface area contributed by atoms with Crippen LogP contribution in [0.4, 0.5) is 0 Å². The van der Waals surface area contributed by atoms with Crippen LogP contribution in [0.1, 0.15) is 17.2 Å². The van der Waals surface area contributed by atoms with Crippen LogP contribution in [0, 0.1) is 6.92 Å². The number of aryl methyl sites for hydroxylation is 1. The zero-order chi connectivity index (χ0) is 12.7. The molecule has 0 saturated carbocycles. The SMILES string of the molecule is Cc1cc2oc(C3C=CC=C3)cc(=O)c2cc1O. The Hall–Kier alpha value is -2.29. The topological polar surface area (TPSA) is 50.4 Å². The lowest BCUT2D eigenvalue weighted by atomic mass is 10.1. The van der Waals surface area contributed by atoms with E-state index in [1.165, 1.54) is 12.1 Å². The van der Waals surface area contributed by atoms with Gasteiger partial charge >= 0.3 is 0 Å². The number of phenols is 1. The van der Waals surface area contributed by atoms with Gasteiger partial charge in [-0.3, -0.25) is 4.79 Å². The minimum atomic E-state index is -0.129. The first-order chi connectivity index (χ1) is 8.65. The third-order valence-corrected chi connectivity index (χ3v) is 3.14. The van der Waals surface area contributed by atoms with E-state index in [1.54, 1.807) is 13.0 Å². The highest BCUT2D eigenvalue weighted by atomic mass is 16.3. The third kappa shape index (κ3) is 1.64. The molecule has 2 aromatic rings. The number of hydrogen-bond donors (Lipinski definition) is 1. The molecule has 90 valence electrons. The molecule has 0 bridgehead atoms. The zero-order valence-corrected chi connectivity index (χ0v) is 9.88. The third-order valence-electron chi connectivity index (χ3n) is 3.14. The van der Waals surface area contributed by atoms with Crippen LogP contribution < -0.4 is 5.43 Å². The van der Waals surface area contributed by atoms with E-state index in [1.807, 2.05) is 24.3 Å².